The van der Waals surface area contributed by atoms with Gasteiger partial charge in [0.2, 0.25) is 10.4 Å². The Morgan fingerprint density at radius 2 is 1.73 bits per heavy atom. The number of hydrogen-bond acceptors (Lipinski definition) is 6. The zero-order valence-electron chi connectivity index (χ0n) is 20.0. The number of esters is 1. The molecule has 1 heterocycles. The number of aromatic nitrogens is 2. The van der Waals surface area contributed by atoms with Gasteiger partial charge in [0.25, 0.3) is 5.82 Å². The van der Waals surface area contributed by atoms with Crippen LogP contribution in [0.5, 0.6) is 0 Å². The van der Waals surface area contributed by atoms with Crippen LogP contribution in [0.1, 0.15) is 82.7 Å². The third kappa shape index (κ3) is 13.8. The van der Waals surface area contributed by atoms with E-state index in [2.05, 4.69) is 23.0 Å². The Balaban J connectivity index is 0.000000366. The van der Waals surface area contributed by atoms with Gasteiger partial charge in [-0.2, -0.15) is 0 Å². The lowest BCUT2D eigenvalue weighted by molar-refractivity contribution is -0.677. The largest absolute Gasteiger partial charge is 0.726 e. The zero-order chi connectivity index (χ0) is 24.5. The molecule has 1 aromatic heterocycles. The summed E-state index contributed by atoms with van der Waals surface area (Å²) in [5, 5.41) is 0. The van der Waals surface area contributed by atoms with Crippen molar-refractivity contribution in [1.29, 1.82) is 0 Å². The molecule has 0 aliphatic heterocycles. The highest BCUT2D eigenvalue weighted by Crippen LogP contribution is 2.22. The maximum Gasteiger partial charge on any atom is 0.318 e. The highest BCUT2D eigenvalue weighted by atomic mass is 32.3. The summed E-state index contributed by atoms with van der Waals surface area (Å²) >= 11 is 0. The molecule has 0 bridgehead atoms. The predicted molar refractivity (Wildman–Crippen MR) is 125 cm³/mol. The van der Waals surface area contributed by atoms with Crippen molar-refractivity contribution in [2.45, 2.75) is 77.7 Å². The Kier molecular flexibility index (Phi) is 14.3. The summed E-state index contributed by atoms with van der Waals surface area (Å²) in [6, 6.07) is 9.91. The summed E-state index contributed by atoms with van der Waals surface area (Å²) in [4.78, 5) is 15.1. The molecule has 1 N–H and O–H groups in total. The summed E-state index contributed by atoms with van der Waals surface area (Å²) in [6.45, 7) is 4.25. The van der Waals surface area contributed by atoms with Crippen LogP contribution in [0.4, 0.5) is 0 Å². The van der Waals surface area contributed by atoms with Crippen LogP contribution in [0.3, 0.4) is 0 Å². The first-order valence-electron chi connectivity index (χ1n) is 11.6. The van der Waals surface area contributed by atoms with E-state index in [9.17, 15) is 17.8 Å². The summed E-state index contributed by atoms with van der Waals surface area (Å²) < 4.78 is 41.5. The molecule has 9 heteroatoms. The molecule has 2 aromatic rings. The molecule has 1 aromatic carbocycles. The van der Waals surface area contributed by atoms with Gasteiger partial charge in [0.15, 0.2) is 0 Å². The molecule has 186 valence electrons. The molecule has 33 heavy (non-hydrogen) atoms. The van der Waals surface area contributed by atoms with E-state index in [1.54, 1.807) is 0 Å². The van der Waals surface area contributed by atoms with Gasteiger partial charge < -0.3 is 9.29 Å². The minimum absolute atomic E-state index is 0.0258. The number of carbonyl (C=O) groups excluding carboxylic acids is 1. The Morgan fingerprint density at radius 3 is 2.30 bits per heavy atom. The van der Waals surface area contributed by atoms with Gasteiger partial charge in [0.1, 0.15) is 24.9 Å². The first kappa shape index (κ1) is 28.8. The van der Waals surface area contributed by atoms with Crippen molar-refractivity contribution in [3.8, 4) is 0 Å². The SMILES string of the molecule is CCCC(OC(=O)Cc1[nH]cc[n+]1C)c1ccccc1.CCCCCCCCOS(=O)(=O)[O-]. The fourth-order valence-corrected chi connectivity index (χ4v) is 3.54. The Bertz CT molecular complexity index is 883. The average Bonchev–Trinajstić information content (AvgIpc) is 3.17. The fourth-order valence-electron chi connectivity index (χ4n) is 3.22. The van der Waals surface area contributed by atoms with Gasteiger partial charge in [-0.1, -0.05) is 82.7 Å². The zero-order valence-corrected chi connectivity index (χ0v) is 20.8. The number of nitrogens with one attached hydrogen (secondary N) is 1. The lowest BCUT2D eigenvalue weighted by Crippen LogP contribution is -2.32. The van der Waals surface area contributed by atoms with Gasteiger partial charge in [-0.15, -0.1) is 0 Å². The van der Waals surface area contributed by atoms with Crippen LogP contribution in [0.2, 0.25) is 0 Å². The average molecular weight is 483 g/mol. The van der Waals surface area contributed by atoms with Crippen molar-refractivity contribution in [1.82, 2.24) is 4.98 Å². The predicted octanol–water partition coefficient (Wildman–Crippen LogP) is 4.29. The second-order valence-corrected chi connectivity index (χ2v) is 8.92. The molecule has 2 rings (SSSR count). The van der Waals surface area contributed by atoms with Crippen LogP contribution in [-0.4, -0.2) is 30.5 Å². The summed E-state index contributed by atoms with van der Waals surface area (Å²) in [5.41, 5.74) is 1.05. The number of aromatic amines is 1. The molecule has 1 unspecified atom stereocenters. The molecule has 8 nitrogen and oxygen atoms in total. The molecule has 0 aliphatic rings. The molecule has 1 atom stereocenters. The minimum atomic E-state index is -4.47. The quantitative estimate of drug-likeness (QED) is 0.141. The number of aryl methyl sites for hydroxylation is 1. The first-order chi connectivity index (χ1) is 15.8. The minimum Gasteiger partial charge on any atom is -0.726 e. The molecule has 0 saturated heterocycles. The fraction of sp³-hybridized carbons (Fsp3) is 0.583. The molecular weight excluding hydrogens is 444 g/mol. The maximum absolute atomic E-state index is 12.1. The molecule has 0 aliphatic carbocycles. The number of rotatable bonds is 14. The van der Waals surface area contributed by atoms with Gasteiger partial charge in [-0.3, -0.25) is 8.98 Å². The normalized spacial score (nSPS) is 12.0. The van der Waals surface area contributed by atoms with E-state index in [4.69, 9.17) is 4.74 Å². The number of nitrogens with zero attached hydrogens (tertiary/aromatic N) is 1. The molecule has 0 radical (unpaired) electrons. The van der Waals surface area contributed by atoms with Gasteiger partial charge in [-0.25, -0.2) is 18.0 Å². The highest BCUT2D eigenvalue weighted by Gasteiger charge is 2.19. The van der Waals surface area contributed by atoms with Gasteiger partial charge >= 0.3 is 5.97 Å². The highest BCUT2D eigenvalue weighted by molar-refractivity contribution is 7.80. The lowest BCUT2D eigenvalue weighted by atomic mass is 10.1. The standard InChI is InChI=1S/C16H20N2O2.C8H18O4S/c1-3-7-14(13-8-5-4-6-9-13)20-16(19)12-15-17-10-11-18(15)2;1-2-3-4-5-6-7-8-12-13(9,10)11/h4-6,8-11,14H,3,7,12H2,1-2H3;2-8H2,1H3,(H,9,10,11). The van der Waals surface area contributed by atoms with Crippen LogP contribution < -0.4 is 4.57 Å². The van der Waals surface area contributed by atoms with E-state index >= 15 is 0 Å². The Morgan fingerprint density at radius 1 is 1.06 bits per heavy atom. The van der Waals surface area contributed by atoms with Crippen LogP contribution in [0.15, 0.2) is 42.7 Å². The van der Waals surface area contributed by atoms with E-state index in [1.807, 2.05) is 54.3 Å². The number of hydrogen-bond donors (Lipinski definition) is 1. The Labute approximate surface area is 198 Å². The summed E-state index contributed by atoms with van der Waals surface area (Å²) in [6.07, 6.45) is 11.8. The maximum atomic E-state index is 12.1. The van der Waals surface area contributed by atoms with Crippen LogP contribution in [-0.2, 0) is 37.6 Å². The third-order valence-corrected chi connectivity index (χ3v) is 5.46. The molecule has 0 fully saturated rings. The van der Waals surface area contributed by atoms with Crippen LogP contribution >= 0.6 is 0 Å². The second kappa shape index (κ2) is 16.4. The number of carbonyl (C=O) groups is 1. The molecular formula is C24H38N2O6S. The number of ether oxygens (including phenoxy) is 1. The number of imidazole rings is 1. The van der Waals surface area contributed by atoms with Crippen molar-refractivity contribution >= 4 is 16.4 Å². The third-order valence-electron chi connectivity index (χ3n) is 5.01. The van der Waals surface area contributed by atoms with E-state index in [-0.39, 0.29) is 25.1 Å². The monoisotopic (exact) mass is 482 g/mol. The molecule has 0 amide bonds. The smallest absolute Gasteiger partial charge is 0.318 e. The van der Waals surface area contributed by atoms with E-state index in [0.717, 1.165) is 37.1 Å². The summed E-state index contributed by atoms with van der Waals surface area (Å²) in [7, 11) is -2.57. The first-order valence-corrected chi connectivity index (χ1v) is 13.0. The van der Waals surface area contributed by atoms with Gasteiger partial charge in [0.05, 0.1) is 13.7 Å². The van der Waals surface area contributed by atoms with Crippen molar-refractivity contribution in [2.24, 2.45) is 7.05 Å². The van der Waals surface area contributed by atoms with Crippen molar-refractivity contribution in [3.05, 3.63) is 54.1 Å². The second-order valence-electron chi connectivity index (χ2n) is 7.87. The summed E-state index contributed by atoms with van der Waals surface area (Å²) in [5.74, 6) is 0.642. The van der Waals surface area contributed by atoms with E-state index < -0.39 is 10.4 Å². The van der Waals surface area contributed by atoms with Crippen molar-refractivity contribution in [3.63, 3.8) is 0 Å². The number of benzene rings is 1. The van der Waals surface area contributed by atoms with Gasteiger partial charge in [-0.05, 0) is 18.4 Å². The van der Waals surface area contributed by atoms with E-state index in [0.29, 0.717) is 6.42 Å². The van der Waals surface area contributed by atoms with Gasteiger partial charge in [0, 0.05) is 0 Å². The molecule has 0 saturated carbocycles. The number of H-pyrrole nitrogens is 1. The van der Waals surface area contributed by atoms with Crippen LogP contribution in [0.25, 0.3) is 0 Å². The van der Waals surface area contributed by atoms with Crippen molar-refractivity contribution < 1.29 is 31.3 Å². The number of unbranched alkanes of at least 4 members (excludes halogenated alkanes) is 5. The van der Waals surface area contributed by atoms with E-state index in [1.165, 1.54) is 19.3 Å². The topological polar surface area (TPSA) is 112 Å². The molecule has 0 spiro atoms. The Hall–Kier alpha value is -2.23. The lowest BCUT2D eigenvalue weighted by Gasteiger charge is -2.17. The van der Waals surface area contributed by atoms with Crippen molar-refractivity contribution in [2.75, 3.05) is 6.61 Å². The van der Waals surface area contributed by atoms with Crippen LogP contribution in [0, 0.1) is 0 Å².